The fourth-order valence-electron chi connectivity index (χ4n) is 1.12. The quantitative estimate of drug-likeness (QED) is 0.584. The maximum atomic E-state index is 10.3. The molecule has 8 heteroatoms. The van der Waals surface area contributed by atoms with Gasteiger partial charge in [-0.2, -0.15) is 0 Å². The van der Waals surface area contributed by atoms with Crippen molar-refractivity contribution in [2.75, 3.05) is 0 Å². The normalized spacial score (nSPS) is 10.2. The zero-order valence-corrected chi connectivity index (χ0v) is 7.65. The van der Waals surface area contributed by atoms with E-state index in [0.717, 1.165) is 12.1 Å². The molecule has 2 rings (SSSR count). The van der Waals surface area contributed by atoms with Crippen LogP contribution in [0.4, 0.5) is 11.8 Å². The predicted octanol–water partition coefficient (Wildman–Crippen LogP) is 2.36. The molecule has 0 unspecified atom stereocenters. The van der Waals surface area contributed by atoms with Crippen LogP contribution in [0.5, 0.6) is 0 Å². The molecule has 2 aromatic rings. The van der Waals surface area contributed by atoms with Gasteiger partial charge in [0.2, 0.25) is 0 Å². The van der Waals surface area contributed by atoms with E-state index in [1.807, 2.05) is 0 Å². The van der Waals surface area contributed by atoms with Crippen LogP contribution in [0.1, 0.15) is 0 Å². The first-order chi connectivity index (χ1) is 7.58. The fourth-order valence-corrected chi connectivity index (χ4v) is 1.12. The summed E-state index contributed by atoms with van der Waals surface area (Å²) in [4.78, 5) is 19.2. The highest BCUT2D eigenvalue weighted by Crippen LogP contribution is 2.29. The number of rotatable bonds is 3. The standard InChI is InChI=1S/C8H4N2O6/c11-9(12)7-3-1-5(15-7)6-2-4-8(16-6)10(13)14/h1-4H. The summed E-state index contributed by atoms with van der Waals surface area (Å²) in [7, 11) is 0. The summed E-state index contributed by atoms with van der Waals surface area (Å²) in [5.74, 6) is -0.761. The van der Waals surface area contributed by atoms with Crippen LogP contribution in [0, 0.1) is 20.2 Å². The maximum Gasteiger partial charge on any atom is 0.433 e. The zero-order chi connectivity index (χ0) is 11.7. The largest absolute Gasteiger partial charge is 0.433 e. The summed E-state index contributed by atoms with van der Waals surface area (Å²) in [5, 5.41) is 20.7. The van der Waals surface area contributed by atoms with Gasteiger partial charge in [-0.1, -0.05) is 0 Å². The van der Waals surface area contributed by atoms with Crippen molar-refractivity contribution in [1.82, 2.24) is 0 Å². The summed E-state index contributed by atoms with van der Waals surface area (Å²) in [6, 6.07) is 4.90. The first kappa shape index (κ1) is 9.90. The monoisotopic (exact) mass is 224 g/mol. The third-order valence-corrected chi connectivity index (χ3v) is 1.79. The molecule has 2 heterocycles. The molecule has 0 radical (unpaired) electrons. The van der Waals surface area contributed by atoms with E-state index < -0.39 is 21.6 Å². The molecule has 0 N–H and O–H groups in total. The summed E-state index contributed by atoms with van der Waals surface area (Å²) < 4.78 is 9.62. The van der Waals surface area contributed by atoms with Crippen LogP contribution in [-0.2, 0) is 0 Å². The predicted molar refractivity (Wildman–Crippen MR) is 49.7 cm³/mol. The second kappa shape index (κ2) is 3.50. The molecule has 0 amide bonds. The van der Waals surface area contributed by atoms with Gasteiger partial charge in [-0.05, 0) is 12.1 Å². The Labute approximate surface area is 87.4 Å². The molecular weight excluding hydrogens is 220 g/mol. The Balaban J connectivity index is 2.35. The molecule has 8 nitrogen and oxygen atoms in total. The molecule has 0 fully saturated rings. The lowest BCUT2D eigenvalue weighted by atomic mass is 10.3. The third kappa shape index (κ3) is 1.63. The molecule has 2 aromatic heterocycles. The Morgan fingerprint density at radius 1 is 0.812 bits per heavy atom. The van der Waals surface area contributed by atoms with E-state index in [1.54, 1.807) is 0 Å². The van der Waals surface area contributed by atoms with Crippen molar-refractivity contribution in [2.24, 2.45) is 0 Å². The van der Waals surface area contributed by atoms with Gasteiger partial charge in [0.15, 0.2) is 11.5 Å². The van der Waals surface area contributed by atoms with E-state index >= 15 is 0 Å². The number of nitrogens with zero attached hydrogens (tertiary/aromatic N) is 2. The van der Waals surface area contributed by atoms with Gasteiger partial charge < -0.3 is 8.83 Å². The number of hydrogen-bond donors (Lipinski definition) is 0. The topological polar surface area (TPSA) is 113 Å². The number of nitro groups is 2. The van der Waals surface area contributed by atoms with E-state index in [9.17, 15) is 20.2 Å². The molecule has 16 heavy (non-hydrogen) atoms. The van der Waals surface area contributed by atoms with E-state index in [1.165, 1.54) is 12.1 Å². The first-order valence-electron chi connectivity index (χ1n) is 4.07. The van der Waals surface area contributed by atoms with Crippen molar-refractivity contribution < 1.29 is 18.7 Å². The Hall–Kier alpha value is -2.64. The SMILES string of the molecule is O=[N+]([O-])c1ccc(-c2ccc([N+](=O)[O-])o2)o1. The van der Waals surface area contributed by atoms with Crippen molar-refractivity contribution in [3.8, 4) is 11.5 Å². The third-order valence-electron chi connectivity index (χ3n) is 1.79. The minimum Gasteiger partial charge on any atom is -0.397 e. The highest BCUT2D eigenvalue weighted by atomic mass is 16.7. The van der Waals surface area contributed by atoms with Gasteiger partial charge in [0.25, 0.3) is 0 Å². The van der Waals surface area contributed by atoms with Gasteiger partial charge in [-0.3, -0.25) is 20.2 Å². The smallest absolute Gasteiger partial charge is 0.397 e. The summed E-state index contributed by atoms with van der Waals surface area (Å²) in [5.41, 5.74) is 0. The van der Waals surface area contributed by atoms with Crippen LogP contribution in [0.25, 0.3) is 11.5 Å². The van der Waals surface area contributed by atoms with E-state index in [-0.39, 0.29) is 11.5 Å². The molecule has 0 bridgehead atoms. The van der Waals surface area contributed by atoms with Crippen LogP contribution in [0.2, 0.25) is 0 Å². The summed E-state index contributed by atoms with van der Waals surface area (Å²) >= 11 is 0. The lowest BCUT2D eigenvalue weighted by Gasteiger charge is -1.87. The highest BCUT2D eigenvalue weighted by molar-refractivity contribution is 5.53. The van der Waals surface area contributed by atoms with Gasteiger partial charge in [-0.25, -0.2) is 0 Å². The lowest BCUT2D eigenvalue weighted by molar-refractivity contribution is -0.402. The van der Waals surface area contributed by atoms with Crippen molar-refractivity contribution >= 4 is 11.8 Å². The Bertz CT molecular complexity index is 504. The Morgan fingerprint density at radius 2 is 1.19 bits per heavy atom. The van der Waals surface area contributed by atoms with Gasteiger partial charge >= 0.3 is 11.8 Å². The van der Waals surface area contributed by atoms with Crippen LogP contribution in [-0.4, -0.2) is 9.85 Å². The van der Waals surface area contributed by atoms with Gasteiger partial charge in [-0.15, -0.1) is 0 Å². The number of hydrogen-bond acceptors (Lipinski definition) is 6. The van der Waals surface area contributed by atoms with Crippen LogP contribution in [0.3, 0.4) is 0 Å². The Kier molecular flexibility index (Phi) is 2.16. The van der Waals surface area contributed by atoms with E-state index in [2.05, 4.69) is 0 Å². The summed E-state index contributed by atoms with van der Waals surface area (Å²) in [6.07, 6.45) is 0. The molecule has 0 aliphatic rings. The van der Waals surface area contributed by atoms with E-state index in [0.29, 0.717) is 0 Å². The van der Waals surface area contributed by atoms with Gasteiger partial charge in [0.1, 0.15) is 9.85 Å². The van der Waals surface area contributed by atoms with Gasteiger partial charge in [0.05, 0.1) is 12.1 Å². The molecule has 0 aliphatic carbocycles. The fraction of sp³-hybridized carbons (Fsp3) is 0. The van der Waals surface area contributed by atoms with Gasteiger partial charge in [0, 0.05) is 0 Å². The summed E-state index contributed by atoms with van der Waals surface area (Å²) in [6.45, 7) is 0. The molecule has 0 spiro atoms. The molecular formula is C8H4N2O6. The second-order valence-corrected chi connectivity index (χ2v) is 2.79. The first-order valence-corrected chi connectivity index (χ1v) is 4.07. The molecule has 82 valence electrons. The number of furan rings is 2. The minimum absolute atomic E-state index is 0.0693. The average molecular weight is 224 g/mol. The molecule has 0 saturated carbocycles. The minimum atomic E-state index is -0.707. The molecule has 0 aromatic carbocycles. The Morgan fingerprint density at radius 3 is 1.44 bits per heavy atom. The van der Waals surface area contributed by atoms with Crippen molar-refractivity contribution in [3.63, 3.8) is 0 Å². The van der Waals surface area contributed by atoms with Crippen LogP contribution < -0.4 is 0 Å². The van der Waals surface area contributed by atoms with Crippen molar-refractivity contribution in [1.29, 1.82) is 0 Å². The second-order valence-electron chi connectivity index (χ2n) is 2.79. The van der Waals surface area contributed by atoms with Crippen LogP contribution >= 0.6 is 0 Å². The lowest BCUT2D eigenvalue weighted by Crippen LogP contribution is -1.83. The van der Waals surface area contributed by atoms with Crippen LogP contribution in [0.15, 0.2) is 33.1 Å². The molecule has 0 atom stereocenters. The molecule has 0 saturated heterocycles. The highest BCUT2D eigenvalue weighted by Gasteiger charge is 2.18. The maximum absolute atomic E-state index is 10.3. The van der Waals surface area contributed by atoms with E-state index in [4.69, 9.17) is 8.83 Å². The van der Waals surface area contributed by atoms with Crippen molar-refractivity contribution in [2.45, 2.75) is 0 Å². The van der Waals surface area contributed by atoms with Crippen molar-refractivity contribution in [3.05, 3.63) is 44.5 Å². The zero-order valence-electron chi connectivity index (χ0n) is 7.65. The average Bonchev–Trinajstić information content (AvgIpc) is 2.86. The molecule has 0 aliphatic heterocycles.